The van der Waals surface area contributed by atoms with Crippen molar-refractivity contribution in [2.75, 3.05) is 18.5 Å². The monoisotopic (exact) mass is 393 g/mol. The fourth-order valence-electron chi connectivity index (χ4n) is 2.16. The zero-order valence-electron chi connectivity index (χ0n) is 14.8. The van der Waals surface area contributed by atoms with Gasteiger partial charge in [0.1, 0.15) is 11.5 Å². The Morgan fingerprint density at radius 3 is 2.25 bits per heavy atom. The van der Waals surface area contributed by atoms with Crippen molar-refractivity contribution in [3.63, 3.8) is 0 Å². The maximum atomic E-state index is 12.1. The van der Waals surface area contributed by atoms with Crippen LogP contribution in [-0.4, -0.2) is 25.5 Å². The second-order valence-electron chi connectivity index (χ2n) is 5.64. The van der Waals surface area contributed by atoms with Gasteiger partial charge in [0.25, 0.3) is 0 Å². The summed E-state index contributed by atoms with van der Waals surface area (Å²) in [6.07, 6.45) is -3.36. The van der Waals surface area contributed by atoms with E-state index in [2.05, 4.69) is 15.4 Å². The molecular weight excluding hydrogens is 375 g/mol. The number of ether oxygens (including phenoxy) is 2. The number of anilines is 1. The SMILES string of the molecule is N#Cc1ccc(OCCCCNC(=O)Nc2ccc(OC(F)(F)F)cc2)cc1. The van der Waals surface area contributed by atoms with Gasteiger partial charge in [-0.2, -0.15) is 5.26 Å². The van der Waals surface area contributed by atoms with Crippen LogP contribution in [0.5, 0.6) is 11.5 Å². The molecule has 2 aromatic carbocycles. The summed E-state index contributed by atoms with van der Waals surface area (Å²) in [6, 6.07) is 13.2. The van der Waals surface area contributed by atoms with Gasteiger partial charge in [-0.05, 0) is 61.4 Å². The van der Waals surface area contributed by atoms with E-state index in [1.54, 1.807) is 24.3 Å². The first-order chi connectivity index (χ1) is 13.4. The lowest BCUT2D eigenvalue weighted by molar-refractivity contribution is -0.274. The molecule has 0 aromatic heterocycles. The zero-order chi connectivity index (χ0) is 20.4. The van der Waals surface area contributed by atoms with Crippen molar-refractivity contribution in [3.8, 4) is 17.6 Å². The molecule has 0 unspecified atom stereocenters. The van der Waals surface area contributed by atoms with Crippen LogP contribution in [0.1, 0.15) is 18.4 Å². The summed E-state index contributed by atoms with van der Waals surface area (Å²) in [5, 5.41) is 13.9. The van der Waals surface area contributed by atoms with E-state index in [1.165, 1.54) is 12.1 Å². The number of nitriles is 1. The number of amides is 2. The van der Waals surface area contributed by atoms with Gasteiger partial charge < -0.3 is 20.1 Å². The smallest absolute Gasteiger partial charge is 0.494 e. The third-order valence-electron chi connectivity index (χ3n) is 3.45. The van der Waals surface area contributed by atoms with Crippen LogP contribution in [0.2, 0.25) is 0 Å². The number of carbonyl (C=O) groups is 1. The van der Waals surface area contributed by atoms with E-state index >= 15 is 0 Å². The van der Waals surface area contributed by atoms with E-state index < -0.39 is 12.4 Å². The third-order valence-corrected chi connectivity index (χ3v) is 3.45. The number of rotatable bonds is 8. The second kappa shape index (κ2) is 10.1. The number of hydrogen-bond donors (Lipinski definition) is 2. The number of urea groups is 1. The molecule has 0 saturated carbocycles. The van der Waals surface area contributed by atoms with Gasteiger partial charge in [0.2, 0.25) is 0 Å². The molecule has 0 aliphatic heterocycles. The minimum Gasteiger partial charge on any atom is -0.494 e. The Hall–Kier alpha value is -3.41. The highest BCUT2D eigenvalue weighted by atomic mass is 19.4. The van der Waals surface area contributed by atoms with Gasteiger partial charge in [-0.25, -0.2) is 4.79 Å². The van der Waals surface area contributed by atoms with Crippen molar-refractivity contribution in [2.45, 2.75) is 19.2 Å². The van der Waals surface area contributed by atoms with Gasteiger partial charge in [-0.3, -0.25) is 0 Å². The number of carbonyl (C=O) groups excluding carboxylic acids is 1. The number of nitrogens with zero attached hydrogens (tertiary/aromatic N) is 1. The summed E-state index contributed by atoms with van der Waals surface area (Å²) in [5.41, 5.74) is 0.904. The molecule has 0 aliphatic carbocycles. The van der Waals surface area contributed by atoms with Crippen LogP contribution in [0.3, 0.4) is 0 Å². The first-order valence-electron chi connectivity index (χ1n) is 8.39. The molecule has 148 valence electrons. The number of hydrogen-bond acceptors (Lipinski definition) is 4. The van der Waals surface area contributed by atoms with Crippen molar-refractivity contribution in [1.29, 1.82) is 5.26 Å². The number of nitrogens with one attached hydrogen (secondary N) is 2. The van der Waals surface area contributed by atoms with E-state index in [1.807, 2.05) is 6.07 Å². The number of alkyl halides is 3. The van der Waals surface area contributed by atoms with Gasteiger partial charge >= 0.3 is 12.4 Å². The molecule has 2 rings (SSSR count). The minimum absolute atomic E-state index is 0.344. The van der Waals surface area contributed by atoms with E-state index in [0.29, 0.717) is 43.0 Å². The van der Waals surface area contributed by atoms with Crippen molar-refractivity contribution >= 4 is 11.7 Å². The molecule has 28 heavy (non-hydrogen) atoms. The molecule has 0 spiro atoms. The lowest BCUT2D eigenvalue weighted by Gasteiger charge is -2.10. The molecule has 2 N–H and O–H groups in total. The zero-order valence-corrected chi connectivity index (χ0v) is 14.8. The van der Waals surface area contributed by atoms with E-state index in [9.17, 15) is 18.0 Å². The molecule has 2 aromatic rings. The number of benzene rings is 2. The van der Waals surface area contributed by atoms with Crippen LogP contribution in [0, 0.1) is 11.3 Å². The highest BCUT2D eigenvalue weighted by molar-refractivity contribution is 5.89. The average molecular weight is 393 g/mol. The molecule has 0 saturated heterocycles. The Bertz CT molecular complexity index is 800. The Morgan fingerprint density at radius 2 is 1.64 bits per heavy atom. The maximum absolute atomic E-state index is 12.1. The average Bonchev–Trinajstić information content (AvgIpc) is 2.65. The Kier molecular flexibility index (Phi) is 7.51. The van der Waals surface area contributed by atoms with Crippen LogP contribution < -0.4 is 20.1 Å². The molecule has 0 radical (unpaired) electrons. The van der Waals surface area contributed by atoms with Crippen molar-refractivity contribution < 1.29 is 27.4 Å². The summed E-state index contributed by atoms with van der Waals surface area (Å²) in [7, 11) is 0. The van der Waals surface area contributed by atoms with Crippen LogP contribution in [-0.2, 0) is 0 Å². The van der Waals surface area contributed by atoms with Crippen LogP contribution in [0.4, 0.5) is 23.7 Å². The summed E-state index contributed by atoms with van der Waals surface area (Å²) in [5.74, 6) is 0.309. The van der Waals surface area contributed by atoms with Crippen LogP contribution in [0.15, 0.2) is 48.5 Å². The summed E-state index contributed by atoms with van der Waals surface area (Å²) in [4.78, 5) is 11.7. The highest BCUT2D eigenvalue weighted by Crippen LogP contribution is 2.23. The van der Waals surface area contributed by atoms with Crippen LogP contribution >= 0.6 is 0 Å². The van der Waals surface area contributed by atoms with Gasteiger partial charge in [0.05, 0.1) is 18.2 Å². The maximum Gasteiger partial charge on any atom is 0.573 e. The van der Waals surface area contributed by atoms with Gasteiger partial charge in [0.15, 0.2) is 0 Å². The standard InChI is InChI=1S/C19H18F3N3O3/c20-19(21,22)28-17-9-5-15(6-10-17)25-18(26)24-11-1-2-12-27-16-7-3-14(13-23)4-8-16/h3-10H,1-2,11-12H2,(H2,24,25,26). The quantitative estimate of drug-likeness (QED) is 0.650. The van der Waals surface area contributed by atoms with Crippen molar-refractivity contribution in [3.05, 3.63) is 54.1 Å². The van der Waals surface area contributed by atoms with E-state index in [-0.39, 0.29) is 5.75 Å². The lowest BCUT2D eigenvalue weighted by atomic mass is 10.2. The highest BCUT2D eigenvalue weighted by Gasteiger charge is 2.30. The Balaban J connectivity index is 1.60. The molecule has 6 nitrogen and oxygen atoms in total. The first-order valence-corrected chi connectivity index (χ1v) is 8.39. The van der Waals surface area contributed by atoms with Gasteiger partial charge in [-0.15, -0.1) is 13.2 Å². The topological polar surface area (TPSA) is 83.4 Å². The molecule has 2 amide bonds. The molecular formula is C19H18F3N3O3. The molecule has 0 aliphatic rings. The fourth-order valence-corrected chi connectivity index (χ4v) is 2.16. The molecule has 0 heterocycles. The van der Waals surface area contributed by atoms with E-state index in [0.717, 1.165) is 12.1 Å². The summed E-state index contributed by atoms with van der Waals surface area (Å²) >= 11 is 0. The summed E-state index contributed by atoms with van der Waals surface area (Å²) < 4.78 is 45.5. The lowest BCUT2D eigenvalue weighted by Crippen LogP contribution is -2.29. The third kappa shape index (κ3) is 7.86. The van der Waals surface area contributed by atoms with Crippen molar-refractivity contribution in [1.82, 2.24) is 5.32 Å². The minimum atomic E-state index is -4.75. The predicted molar refractivity (Wildman–Crippen MR) is 96.0 cm³/mol. The Labute approximate surface area is 159 Å². The fraction of sp³-hybridized carbons (Fsp3) is 0.263. The number of halogens is 3. The molecule has 0 atom stereocenters. The normalized spacial score (nSPS) is 10.6. The van der Waals surface area contributed by atoms with Gasteiger partial charge in [0, 0.05) is 12.2 Å². The van der Waals surface area contributed by atoms with Crippen molar-refractivity contribution in [2.24, 2.45) is 0 Å². The number of unbranched alkanes of at least 4 members (excludes halogenated alkanes) is 1. The predicted octanol–water partition coefficient (Wildman–Crippen LogP) is 4.44. The van der Waals surface area contributed by atoms with E-state index in [4.69, 9.17) is 10.00 Å². The first kappa shape index (κ1) is 20.9. The van der Waals surface area contributed by atoms with Gasteiger partial charge in [-0.1, -0.05) is 0 Å². The largest absolute Gasteiger partial charge is 0.573 e. The second-order valence-corrected chi connectivity index (χ2v) is 5.64. The Morgan fingerprint density at radius 1 is 1.00 bits per heavy atom. The molecule has 9 heteroatoms. The molecule has 0 fully saturated rings. The molecule has 0 bridgehead atoms. The van der Waals surface area contributed by atoms with Crippen LogP contribution in [0.25, 0.3) is 0 Å². The summed E-state index contributed by atoms with van der Waals surface area (Å²) in [6.45, 7) is 0.883.